The van der Waals surface area contributed by atoms with Crippen LogP contribution in [0.5, 0.6) is 0 Å². The lowest BCUT2D eigenvalue weighted by atomic mass is 9.71. The lowest BCUT2D eigenvalue weighted by Crippen LogP contribution is -2.50. The number of carbonyl (C=O) groups is 1. The second-order valence-electron chi connectivity index (χ2n) is 7.26. The fourth-order valence-corrected chi connectivity index (χ4v) is 4.09. The van der Waals surface area contributed by atoms with Crippen LogP contribution >= 0.6 is 0 Å². The van der Waals surface area contributed by atoms with Crippen LogP contribution in [0.15, 0.2) is 24.3 Å². The number of hydrogen-bond donors (Lipinski definition) is 1. The van der Waals surface area contributed by atoms with Crippen molar-refractivity contribution in [1.29, 1.82) is 0 Å². The molecule has 0 unspecified atom stereocenters. The number of rotatable bonds is 4. The topological polar surface area (TPSA) is 49.6 Å². The summed E-state index contributed by atoms with van der Waals surface area (Å²) in [5.41, 5.74) is 6.66. The van der Waals surface area contributed by atoms with E-state index in [1.54, 1.807) is 12.1 Å². The van der Waals surface area contributed by atoms with Gasteiger partial charge in [-0.1, -0.05) is 31.4 Å². The molecule has 2 aliphatic rings. The van der Waals surface area contributed by atoms with E-state index in [2.05, 4.69) is 0 Å². The quantitative estimate of drug-likeness (QED) is 0.922. The van der Waals surface area contributed by atoms with E-state index in [9.17, 15) is 9.18 Å². The van der Waals surface area contributed by atoms with Crippen LogP contribution in [0.4, 0.5) is 10.1 Å². The van der Waals surface area contributed by atoms with Gasteiger partial charge in [0, 0.05) is 32.6 Å². The van der Waals surface area contributed by atoms with Crippen molar-refractivity contribution in [3.05, 3.63) is 30.1 Å². The fraction of sp³-hybridized carbons (Fsp3) is 0.632. The number of amides is 1. The number of para-hydroxylation sites is 1. The molecule has 0 atom stereocenters. The monoisotopic (exact) mass is 333 g/mol. The molecule has 0 radical (unpaired) electrons. The number of nitrogens with two attached hydrogens (primary N) is 1. The minimum atomic E-state index is -0.193. The highest BCUT2D eigenvalue weighted by Crippen LogP contribution is 2.38. The van der Waals surface area contributed by atoms with Crippen LogP contribution in [0, 0.1) is 11.2 Å². The number of carbonyl (C=O) groups excluding carboxylic acids is 1. The zero-order valence-corrected chi connectivity index (χ0v) is 14.3. The highest BCUT2D eigenvalue weighted by molar-refractivity contribution is 5.77. The molecule has 1 aliphatic heterocycles. The summed E-state index contributed by atoms with van der Waals surface area (Å²) in [6, 6.07) is 6.85. The van der Waals surface area contributed by atoms with E-state index in [1.807, 2.05) is 15.9 Å². The normalized spacial score (nSPS) is 20.9. The predicted molar refractivity (Wildman–Crippen MR) is 94.4 cm³/mol. The van der Waals surface area contributed by atoms with Crippen LogP contribution in [0.3, 0.4) is 0 Å². The molecule has 0 bridgehead atoms. The Morgan fingerprint density at radius 2 is 1.75 bits per heavy atom. The molecule has 2 fully saturated rings. The van der Waals surface area contributed by atoms with Crippen LogP contribution in [0.25, 0.3) is 0 Å². The van der Waals surface area contributed by atoms with E-state index in [4.69, 9.17) is 5.73 Å². The van der Waals surface area contributed by atoms with Crippen molar-refractivity contribution >= 4 is 11.6 Å². The highest BCUT2D eigenvalue weighted by Gasteiger charge is 2.35. The molecule has 2 N–H and O–H groups in total. The van der Waals surface area contributed by atoms with Gasteiger partial charge in [-0.05, 0) is 36.9 Å². The summed E-state index contributed by atoms with van der Waals surface area (Å²) in [6.45, 7) is 3.29. The van der Waals surface area contributed by atoms with E-state index in [0.717, 1.165) is 12.8 Å². The van der Waals surface area contributed by atoms with E-state index in [-0.39, 0.29) is 17.1 Å². The highest BCUT2D eigenvalue weighted by atomic mass is 19.1. The molecule has 0 aromatic heterocycles. The number of anilines is 1. The average Bonchev–Trinajstić information content (AvgIpc) is 2.63. The summed E-state index contributed by atoms with van der Waals surface area (Å²) < 4.78 is 13.9. The molecule has 1 amide bonds. The second kappa shape index (κ2) is 7.51. The third-order valence-electron chi connectivity index (χ3n) is 5.70. The van der Waals surface area contributed by atoms with Crippen molar-refractivity contribution in [2.24, 2.45) is 11.1 Å². The number of hydrogen-bond acceptors (Lipinski definition) is 3. The van der Waals surface area contributed by atoms with Crippen LogP contribution in [0.1, 0.15) is 38.5 Å². The summed E-state index contributed by atoms with van der Waals surface area (Å²) in [5.74, 6) is 0.0251. The second-order valence-corrected chi connectivity index (χ2v) is 7.26. The van der Waals surface area contributed by atoms with Gasteiger partial charge in [0.25, 0.3) is 0 Å². The Hall–Kier alpha value is -1.62. The molecule has 132 valence electrons. The third kappa shape index (κ3) is 3.72. The van der Waals surface area contributed by atoms with Crippen molar-refractivity contribution in [2.45, 2.75) is 38.5 Å². The van der Waals surface area contributed by atoms with Gasteiger partial charge in [-0.15, -0.1) is 0 Å². The van der Waals surface area contributed by atoms with Gasteiger partial charge in [-0.25, -0.2) is 4.39 Å². The van der Waals surface area contributed by atoms with Gasteiger partial charge in [0.1, 0.15) is 5.82 Å². The molecule has 1 heterocycles. The first-order valence-electron chi connectivity index (χ1n) is 9.11. The smallest absolute Gasteiger partial charge is 0.223 e. The van der Waals surface area contributed by atoms with Gasteiger partial charge >= 0.3 is 0 Å². The number of nitrogens with zero attached hydrogens (tertiary/aromatic N) is 2. The fourth-order valence-electron chi connectivity index (χ4n) is 4.09. The Morgan fingerprint density at radius 3 is 2.38 bits per heavy atom. The zero-order valence-electron chi connectivity index (χ0n) is 14.3. The Balaban J connectivity index is 1.56. The van der Waals surface area contributed by atoms with Gasteiger partial charge in [0.05, 0.1) is 5.69 Å². The van der Waals surface area contributed by atoms with Crippen LogP contribution in [-0.4, -0.2) is 43.5 Å². The van der Waals surface area contributed by atoms with Gasteiger partial charge in [0.2, 0.25) is 5.91 Å². The maximum Gasteiger partial charge on any atom is 0.223 e. The molecule has 1 aliphatic carbocycles. The predicted octanol–water partition coefficient (Wildman–Crippen LogP) is 2.77. The Kier molecular flexibility index (Phi) is 5.39. The van der Waals surface area contributed by atoms with Crippen LogP contribution in [-0.2, 0) is 4.79 Å². The summed E-state index contributed by atoms with van der Waals surface area (Å²) in [4.78, 5) is 16.7. The summed E-state index contributed by atoms with van der Waals surface area (Å²) >= 11 is 0. The van der Waals surface area contributed by atoms with Gasteiger partial charge in [-0.2, -0.15) is 0 Å². The van der Waals surface area contributed by atoms with Crippen LogP contribution < -0.4 is 10.6 Å². The molecule has 1 saturated carbocycles. The SMILES string of the molecule is NCC1(CC(=O)N2CCN(c3ccccc3F)CC2)CCCCC1. The van der Waals surface area contributed by atoms with Crippen LogP contribution in [0.2, 0.25) is 0 Å². The molecular weight excluding hydrogens is 305 g/mol. The Bertz CT molecular complexity index is 563. The van der Waals surface area contributed by atoms with E-state index < -0.39 is 0 Å². The van der Waals surface area contributed by atoms with Crippen molar-refractivity contribution < 1.29 is 9.18 Å². The van der Waals surface area contributed by atoms with E-state index in [0.29, 0.717) is 44.8 Å². The lowest BCUT2D eigenvalue weighted by Gasteiger charge is -2.40. The largest absolute Gasteiger partial charge is 0.366 e. The average molecular weight is 333 g/mol. The number of piperazine rings is 1. The maximum atomic E-state index is 13.9. The first kappa shape index (κ1) is 17.2. The molecule has 1 saturated heterocycles. The summed E-state index contributed by atoms with van der Waals surface area (Å²) in [6.07, 6.45) is 6.35. The minimum Gasteiger partial charge on any atom is -0.366 e. The number of benzene rings is 1. The molecule has 24 heavy (non-hydrogen) atoms. The molecule has 3 rings (SSSR count). The van der Waals surface area contributed by atoms with Gasteiger partial charge in [0.15, 0.2) is 0 Å². The van der Waals surface area contributed by atoms with Crippen molar-refractivity contribution in [3.8, 4) is 0 Å². The van der Waals surface area contributed by atoms with Crippen molar-refractivity contribution in [1.82, 2.24) is 4.90 Å². The summed E-state index contributed by atoms with van der Waals surface area (Å²) in [7, 11) is 0. The van der Waals surface area contributed by atoms with E-state index in [1.165, 1.54) is 25.3 Å². The summed E-state index contributed by atoms with van der Waals surface area (Å²) in [5, 5.41) is 0. The number of halogens is 1. The lowest BCUT2D eigenvalue weighted by molar-refractivity contribution is -0.134. The Morgan fingerprint density at radius 1 is 1.08 bits per heavy atom. The molecule has 1 aromatic rings. The molecule has 1 aromatic carbocycles. The minimum absolute atomic E-state index is 0.0119. The zero-order chi connectivity index (χ0) is 17.0. The molecule has 5 heteroatoms. The molecule has 4 nitrogen and oxygen atoms in total. The molecular formula is C19H28FN3O. The first-order chi connectivity index (χ1) is 11.6. The third-order valence-corrected chi connectivity index (χ3v) is 5.70. The van der Waals surface area contributed by atoms with Gasteiger partial charge in [-0.3, -0.25) is 4.79 Å². The van der Waals surface area contributed by atoms with Crippen molar-refractivity contribution in [2.75, 3.05) is 37.6 Å². The Labute approximate surface area is 143 Å². The first-order valence-corrected chi connectivity index (χ1v) is 9.11. The maximum absolute atomic E-state index is 13.9. The standard InChI is InChI=1S/C19H28FN3O/c20-16-6-2-3-7-17(16)22-10-12-23(13-11-22)18(24)14-19(15-21)8-4-1-5-9-19/h2-3,6-7H,1,4-5,8-15,21H2. The molecule has 0 spiro atoms. The van der Waals surface area contributed by atoms with E-state index >= 15 is 0 Å². The van der Waals surface area contributed by atoms with Gasteiger partial charge < -0.3 is 15.5 Å². The van der Waals surface area contributed by atoms with Crippen molar-refractivity contribution in [3.63, 3.8) is 0 Å².